The van der Waals surface area contributed by atoms with Crippen molar-refractivity contribution in [1.29, 1.82) is 0 Å². The molecule has 1 aromatic carbocycles. The molecule has 0 bridgehead atoms. The molecule has 90 valence electrons. The van der Waals surface area contributed by atoms with Crippen LogP contribution in [0, 0.1) is 13.8 Å². The molecule has 0 aliphatic heterocycles. The minimum Gasteiger partial charge on any atom is -0.312 e. The van der Waals surface area contributed by atoms with Crippen molar-refractivity contribution in [3.05, 3.63) is 40.4 Å². The number of benzene rings is 1. The van der Waals surface area contributed by atoms with Gasteiger partial charge in [-0.2, -0.15) is 0 Å². The van der Waals surface area contributed by atoms with Gasteiger partial charge in [-0.25, -0.2) is 4.98 Å². The van der Waals surface area contributed by atoms with Gasteiger partial charge in [0.25, 0.3) is 0 Å². The van der Waals surface area contributed by atoms with Crippen LogP contribution in [0.2, 0.25) is 0 Å². The Morgan fingerprint density at radius 3 is 2.41 bits per heavy atom. The van der Waals surface area contributed by atoms with Gasteiger partial charge in [-0.1, -0.05) is 17.2 Å². The van der Waals surface area contributed by atoms with Crippen molar-refractivity contribution >= 4 is 11.3 Å². The zero-order valence-corrected chi connectivity index (χ0v) is 11.6. The summed E-state index contributed by atoms with van der Waals surface area (Å²) in [5.74, 6) is 0. The highest BCUT2D eigenvalue weighted by atomic mass is 32.1. The van der Waals surface area contributed by atoms with E-state index in [0.717, 1.165) is 10.7 Å². The lowest BCUT2D eigenvalue weighted by molar-refractivity contribution is 0.637. The Hall–Kier alpha value is -1.19. The minimum absolute atomic E-state index is 0.311. The molecular weight excluding hydrogens is 228 g/mol. The molecule has 0 spiro atoms. The Morgan fingerprint density at radius 2 is 1.82 bits per heavy atom. The van der Waals surface area contributed by atoms with E-state index in [0.29, 0.717) is 6.04 Å². The lowest BCUT2D eigenvalue weighted by Gasteiger charge is -2.05. The Labute approximate surface area is 107 Å². The van der Waals surface area contributed by atoms with Crippen molar-refractivity contribution in [2.45, 2.75) is 26.8 Å². The number of thiazole rings is 1. The molecule has 0 amide bonds. The van der Waals surface area contributed by atoms with Gasteiger partial charge in [-0.3, -0.25) is 0 Å². The second-order valence-corrected chi connectivity index (χ2v) is 5.32. The van der Waals surface area contributed by atoms with E-state index in [2.05, 4.69) is 54.7 Å². The van der Waals surface area contributed by atoms with Crippen LogP contribution in [0.3, 0.4) is 0 Å². The van der Waals surface area contributed by atoms with Gasteiger partial charge in [-0.05, 0) is 40.0 Å². The molecule has 0 radical (unpaired) electrons. The van der Waals surface area contributed by atoms with Gasteiger partial charge in [0, 0.05) is 17.0 Å². The number of hydrogen-bond donors (Lipinski definition) is 1. The molecule has 2 aromatic rings. The smallest absolute Gasteiger partial charge is 0.123 e. The van der Waals surface area contributed by atoms with Gasteiger partial charge in [-0.15, -0.1) is 11.3 Å². The maximum atomic E-state index is 4.69. The lowest BCUT2D eigenvalue weighted by atomic mass is 10.1. The summed E-state index contributed by atoms with van der Waals surface area (Å²) < 4.78 is 0. The van der Waals surface area contributed by atoms with Crippen LogP contribution in [0.15, 0.2) is 23.6 Å². The summed E-state index contributed by atoms with van der Waals surface area (Å²) in [6, 6.07) is 6.89. The Balaban J connectivity index is 2.36. The Morgan fingerprint density at radius 1 is 1.18 bits per heavy atom. The van der Waals surface area contributed by atoms with Crippen LogP contribution in [0.4, 0.5) is 0 Å². The molecule has 1 atom stereocenters. The molecule has 0 saturated carbocycles. The maximum Gasteiger partial charge on any atom is 0.123 e. The molecule has 1 heterocycles. The number of aryl methyl sites for hydroxylation is 2. The molecule has 1 N–H and O–H groups in total. The fraction of sp³-hybridized carbons (Fsp3) is 0.357. The van der Waals surface area contributed by atoms with Crippen molar-refractivity contribution in [2.75, 3.05) is 7.05 Å². The lowest BCUT2D eigenvalue weighted by Crippen LogP contribution is -2.12. The van der Waals surface area contributed by atoms with E-state index >= 15 is 0 Å². The molecule has 17 heavy (non-hydrogen) atoms. The standard InChI is InChI=1S/C14H18N2S/c1-9-5-10(2)7-12(6-9)14-16-13(8-17-14)11(3)15-4/h5-8,11,15H,1-4H3. The minimum atomic E-state index is 0.311. The third-order valence-electron chi connectivity index (χ3n) is 2.87. The SMILES string of the molecule is CNC(C)c1csc(-c2cc(C)cc(C)c2)n1. The molecule has 0 saturated heterocycles. The topological polar surface area (TPSA) is 24.9 Å². The van der Waals surface area contributed by atoms with E-state index in [1.165, 1.54) is 16.7 Å². The first-order valence-electron chi connectivity index (χ1n) is 5.81. The van der Waals surface area contributed by atoms with Crippen molar-refractivity contribution in [3.8, 4) is 10.6 Å². The van der Waals surface area contributed by atoms with Gasteiger partial charge < -0.3 is 5.32 Å². The number of hydrogen-bond acceptors (Lipinski definition) is 3. The van der Waals surface area contributed by atoms with E-state index in [4.69, 9.17) is 0 Å². The summed E-state index contributed by atoms with van der Waals surface area (Å²) in [5, 5.41) is 6.45. The molecule has 1 aromatic heterocycles. The van der Waals surface area contributed by atoms with Crippen LogP contribution < -0.4 is 5.32 Å². The van der Waals surface area contributed by atoms with Gasteiger partial charge in [0.05, 0.1) is 5.69 Å². The van der Waals surface area contributed by atoms with E-state index < -0.39 is 0 Å². The first kappa shape index (κ1) is 12.3. The normalized spacial score (nSPS) is 12.7. The summed E-state index contributed by atoms with van der Waals surface area (Å²) in [7, 11) is 1.96. The van der Waals surface area contributed by atoms with Crippen molar-refractivity contribution < 1.29 is 0 Å². The molecule has 0 fully saturated rings. The van der Waals surface area contributed by atoms with Crippen LogP contribution in [-0.4, -0.2) is 12.0 Å². The predicted octanol–water partition coefficient (Wildman–Crippen LogP) is 3.71. The highest BCUT2D eigenvalue weighted by Crippen LogP contribution is 2.27. The molecule has 2 rings (SSSR count). The predicted molar refractivity (Wildman–Crippen MR) is 74.5 cm³/mol. The summed E-state index contributed by atoms with van der Waals surface area (Å²) in [5.41, 5.74) is 4.92. The van der Waals surface area contributed by atoms with Gasteiger partial charge in [0.15, 0.2) is 0 Å². The third kappa shape index (κ3) is 2.73. The maximum absolute atomic E-state index is 4.69. The summed E-state index contributed by atoms with van der Waals surface area (Å²) in [6.07, 6.45) is 0. The molecular formula is C14H18N2S. The van der Waals surface area contributed by atoms with E-state index in [9.17, 15) is 0 Å². The zero-order valence-electron chi connectivity index (χ0n) is 10.7. The summed E-state index contributed by atoms with van der Waals surface area (Å²) in [6.45, 7) is 6.38. The highest BCUT2D eigenvalue weighted by molar-refractivity contribution is 7.13. The largest absolute Gasteiger partial charge is 0.312 e. The Bertz CT molecular complexity index is 496. The third-order valence-corrected chi connectivity index (χ3v) is 3.78. The van der Waals surface area contributed by atoms with Crippen LogP contribution in [0.25, 0.3) is 10.6 Å². The fourth-order valence-corrected chi connectivity index (χ4v) is 2.76. The fourth-order valence-electron chi connectivity index (χ4n) is 1.86. The number of nitrogens with one attached hydrogen (secondary N) is 1. The second-order valence-electron chi connectivity index (χ2n) is 4.46. The van der Waals surface area contributed by atoms with E-state index in [1.807, 2.05) is 7.05 Å². The monoisotopic (exact) mass is 246 g/mol. The van der Waals surface area contributed by atoms with Crippen LogP contribution >= 0.6 is 11.3 Å². The van der Waals surface area contributed by atoms with Crippen LogP contribution in [0.1, 0.15) is 29.8 Å². The molecule has 0 aliphatic rings. The van der Waals surface area contributed by atoms with Gasteiger partial charge in [0.2, 0.25) is 0 Å². The van der Waals surface area contributed by atoms with Crippen molar-refractivity contribution in [3.63, 3.8) is 0 Å². The zero-order chi connectivity index (χ0) is 12.4. The average molecular weight is 246 g/mol. The van der Waals surface area contributed by atoms with E-state index in [1.54, 1.807) is 11.3 Å². The van der Waals surface area contributed by atoms with Gasteiger partial charge >= 0.3 is 0 Å². The first-order valence-corrected chi connectivity index (χ1v) is 6.69. The second kappa shape index (κ2) is 4.98. The molecule has 1 unspecified atom stereocenters. The summed E-state index contributed by atoms with van der Waals surface area (Å²) in [4.78, 5) is 4.69. The van der Waals surface area contributed by atoms with Crippen LogP contribution in [0.5, 0.6) is 0 Å². The first-order chi connectivity index (χ1) is 8.10. The van der Waals surface area contributed by atoms with Crippen LogP contribution in [-0.2, 0) is 0 Å². The summed E-state index contributed by atoms with van der Waals surface area (Å²) >= 11 is 1.71. The van der Waals surface area contributed by atoms with Crippen molar-refractivity contribution in [2.24, 2.45) is 0 Å². The number of rotatable bonds is 3. The molecule has 3 heteroatoms. The highest BCUT2D eigenvalue weighted by Gasteiger charge is 2.09. The molecule has 0 aliphatic carbocycles. The average Bonchev–Trinajstić information content (AvgIpc) is 2.76. The quantitative estimate of drug-likeness (QED) is 0.893. The Kier molecular flexibility index (Phi) is 3.60. The van der Waals surface area contributed by atoms with E-state index in [-0.39, 0.29) is 0 Å². The number of nitrogens with zero attached hydrogens (tertiary/aromatic N) is 1. The van der Waals surface area contributed by atoms with Gasteiger partial charge in [0.1, 0.15) is 5.01 Å². The van der Waals surface area contributed by atoms with Crippen molar-refractivity contribution in [1.82, 2.24) is 10.3 Å². The molecule has 2 nitrogen and oxygen atoms in total. The number of aromatic nitrogens is 1.